The van der Waals surface area contributed by atoms with Crippen molar-refractivity contribution in [3.63, 3.8) is 0 Å². The van der Waals surface area contributed by atoms with Gasteiger partial charge >= 0.3 is 5.97 Å². The van der Waals surface area contributed by atoms with Crippen LogP contribution in [0.1, 0.15) is 27.0 Å². The second-order valence-electron chi connectivity index (χ2n) is 4.38. The molecule has 0 fully saturated rings. The zero-order valence-corrected chi connectivity index (χ0v) is 11.7. The molecule has 5 nitrogen and oxygen atoms in total. The summed E-state index contributed by atoms with van der Waals surface area (Å²) in [5, 5.41) is 17.2. The fraction of sp³-hybridized carbons (Fsp3) is 0.188. The average molecular weight is 288 g/mol. The maximum absolute atomic E-state index is 10.4. The van der Waals surface area contributed by atoms with Gasteiger partial charge in [-0.25, -0.2) is 4.79 Å². The number of rotatable bonds is 4. The number of aromatic carboxylic acids is 1. The van der Waals surface area contributed by atoms with Gasteiger partial charge in [0.25, 0.3) is 0 Å². The van der Waals surface area contributed by atoms with Crippen molar-refractivity contribution in [2.45, 2.75) is 19.7 Å². The molecule has 2 rings (SSSR count). The van der Waals surface area contributed by atoms with E-state index in [2.05, 4.69) is 0 Å². The molecular formula is C16H20N2O3. The molecule has 0 spiro atoms. The number of aliphatic hydroxyl groups excluding tert-OH is 1. The Hall–Kier alpha value is -2.21. The molecule has 0 aliphatic rings. The predicted molar refractivity (Wildman–Crippen MR) is 81.5 cm³/mol. The van der Waals surface area contributed by atoms with Gasteiger partial charge in [-0.1, -0.05) is 36.4 Å². The number of benzene rings is 2. The third-order valence-electron chi connectivity index (χ3n) is 2.88. The van der Waals surface area contributed by atoms with E-state index in [0.717, 1.165) is 16.7 Å². The number of aliphatic hydroxyl groups is 1. The Labute approximate surface area is 123 Å². The van der Waals surface area contributed by atoms with E-state index in [-0.39, 0.29) is 6.61 Å². The normalized spacial score (nSPS) is 9.67. The van der Waals surface area contributed by atoms with Crippen molar-refractivity contribution in [2.75, 3.05) is 0 Å². The van der Waals surface area contributed by atoms with Gasteiger partial charge in [-0.05, 0) is 28.8 Å². The molecule has 0 saturated heterocycles. The van der Waals surface area contributed by atoms with Crippen LogP contribution in [0.25, 0.3) is 0 Å². The second kappa shape index (κ2) is 8.86. The number of carboxylic acids is 1. The molecule has 0 heterocycles. The van der Waals surface area contributed by atoms with Crippen molar-refractivity contribution in [3.05, 3.63) is 70.8 Å². The lowest BCUT2D eigenvalue weighted by atomic mass is 10.1. The summed E-state index contributed by atoms with van der Waals surface area (Å²) >= 11 is 0. The van der Waals surface area contributed by atoms with E-state index in [0.29, 0.717) is 18.7 Å². The molecule has 0 saturated carbocycles. The number of carboxylic acid groups (broad SMARTS) is 1. The van der Waals surface area contributed by atoms with Crippen molar-refractivity contribution < 1.29 is 15.0 Å². The highest BCUT2D eigenvalue weighted by Crippen LogP contribution is 2.03. The minimum atomic E-state index is -0.909. The first-order chi connectivity index (χ1) is 10.1. The highest BCUT2D eigenvalue weighted by Gasteiger charge is 1.99. The summed E-state index contributed by atoms with van der Waals surface area (Å²) in [6.45, 7) is 1.11. The number of hydrogen-bond donors (Lipinski definition) is 4. The summed E-state index contributed by atoms with van der Waals surface area (Å²) in [7, 11) is 0. The minimum absolute atomic E-state index is 0.102. The molecule has 0 radical (unpaired) electrons. The van der Waals surface area contributed by atoms with Crippen molar-refractivity contribution in [1.82, 2.24) is 0 Å². The Morgan fingerprint density at radius 1 is 0.810 bits per heavy atom. The molecule has 0 unspecified atom stereocenters. The Bertz CT molecular complexity index is 528. The van der Waals surface area contributed by atoms with Crippen LogP contribution >= 0.6 is 0 Å². The zero-order valence-electron chi connectivity index (χ0n) is 11.7. The van der Waals surface area contributed by atoms with Gasteiger partial charge in [0.05, 0.1) is 12.2 Å². The van der Waals surface area contributed by atoms with E-state index >= 15 is 0 Å². The van der Waals surface area contributed by atoms with Crippen LogP contribution in [0.3, 0.4) is 0 Å². The molecule has 2 aromatic carbocycles. The predicted octanol–water partition coefficient (Wildman–Crippen LogP) is 1.48. The van der Waals surface area contributed by atoms with Gasteiger partial charge in [0.2, 0.25) is 0 Å². The van der Waals surface area contributed by atoms with Crippen LogP contribution in [-0.4, -0.2) is 16.2 Å². The van der Waals surface area contributed by atoms with E-state index in [1.807, 2.05) is 24.3 Å². The lowest BCUT2D eigenvalue weighted by molar-refractivity contribution is 0.0697. The van der Waals surface area contributed by atoms with Crippen LogP contribution in [0, 0.1) is 0 Å². The molecule has 112 valence electrons. The largest absolute Gasteiger partial charge is 0.478 e. The molecule has 0 atom stereocenters. The monoisotopic (exact) mass is 288 g/mol. The quantitative estimate of drug-likeness (QED) is 0.681. The van der Waals surface area contributed by atoms with Gasteiger partial charge in [0, 0.05) is 13.1 Å². The first-order valence-corrected chi connectivity index (χ1v) is 6.51. The number of nitrogens with two attached hydrogens (primary N) is 2. The van der Waals surface area contributed by atoms with E-state index < -0.39 is 5.97 Å². The summed E-state index contributed by atoms with van der Waals surface area (Å²) in [5.41, 5.74) is 14.0. The third kappa shape index (κ3) is 5.74. The van der Waals surface area contributed by atoms with Crippen LogP contribution in [0.2, 0.25) is 0 Å². The Morgan fingerprint density at radius 3 is 1.52 bits per heavy atom. The fourth-order valence-electron chi connectivity index (χ4n) is 1.56. The topological polar surface area (TPSA) is 110 Å². The van der Waals surface area contributed by atoms with E-state index in [1.54, 1.807) is 24.3 Å². The smallest absolute Gasteiger partial charge is 0.335 e. The van der Waals surface area contributed by atoms with Crippen LogP contribution in [0.4, 0.5) is 0 Å². The van der Waals surface area contributed by atoms with E-state index in [9.17, 15) is 4.79 Å². The minimum Gasteiger partial charge on any atom is -0.478 e. The van der Waals surface area contributed by atoms with E-state index in [1.165, 1.54) is 0 Å². The maximum atomic E-state index is 10.4. The lowest BCUT2D eigenvalue weighted by Gasteiger charge is -1.97. The summed E-state index contributed by atoms with van der Waals surface area (Å²) < 4.78 is 0. The Kier molecular flexibility index (Phi) is 7.11. The molecule has 0 bridgehead atoms. The van der Waals surface area contributed by atoms with Crippen molar-refractivity contribution in [3.8, 4) is 0 Å². The summed E-state index contributed by atoms with van der Waals surface area (Å²) in [5.74, 6) is -0.909. The van der Waals surface area contributed by atoms with Crippen LogP contribution in [0.5, 0.6) is 0 Å². The lowest BCUT2D eigenvalue weighted by Crippen LogP contribution is -1.99. The van der Waals surface area contributed by atoms with Crippen molar-refractivity contribution >= 4 is 5.97 Å². The maximum Gasteiger partial charge on any atom is 0.335 e. The van der Waals surface area contributed by atoms with Crippen LogP contribution in [-0.2, 0) is 19.7 Å². The Morgan fingerprint density at radius 2 is 1.19 bits per heavy atom. The van der Waals surface area contributed by atoms with Crippen molar-refractivity contribution in [1.29, 1.82) is 0 Å². The molecule has 0 aliphatic carbocycles. The summed E-state index contributed by atoms with van der Waals surface area (Å²) in [4.78, 5) is 10.4. The first-order valence-electron chi connectivity index (χ1n) is 6.51. The molecule has 0 aromatic heterocycles. The van der Waals surface area contributed by atoms with Crippen LogP contribution < -0.4 is 11.5 Å². The molecular weight excluding hydrogens is 268 g/mol. The van der Waals surface area contributed by atoms with Gasteiger partial charge in [0.1, 0.15) is 0 Å². The SMILES string of the molecule is NCc1ccc(C(=O)O)cc1.NCc1ccc(CO)cc1. The second-order valence-corrected chi connectivity index (χ2v) is 4.38. The molecule has 5 heteroatoms. The summed E-state index contributed by atoms with van der Waals surface area (Å²) in [6, 6.07) is 14.1. The molecule has 2 aromatic rings. The highest BCUT2D eigenvalue weighted by atomic mass is 16.4. The van der Waals surface area contributed by atoms with Gasteiger partial charge in [0.15, 0.2) is 0 Å². The first kappa shape index (κ1) is 16.8. The van der Waals surface area contributed by atoms with Crippen LogP contribution in [0.15, 0.2) is 48.5 Å². The third-order valence-corrected chi connectivity index (χ3v) is 2.88. The number of hydrogen-bond acceptors (Lipinski definition) is 4. The Balaban J connectivity index is 0.000000211. The van der Waals surface area contributed by atoms with Gasteiger partial charge in [-0.15, -0.1) is 0 Å². The fourth-order valence-corrected chi connectivity index (χ4v) is 1.56. The molecule has 21 heavy (non-hydrogen) atoms. The van der Waals surface area contributed by atoms with Gasteiger partial charge < -0.3 is 21.7 Å². The average Bonchev–Trinajstić information content (AvgIpc) is 2.55. The molecule has 6 N–H and O–H groups in total. The molecule has 0 aliphatic heterocycles. The summed E-state index contributed by atoms with van der Waals surface area (Å²) in [6.07, 6.45) is 0. The zero-order chi connectivity index (χ0) is 15.7. The number of carbonyl (C=O) groups is 1. The van der Waals surface area contributed by atoms with Crippen molar-refractivity contribution in [2.24, 2.45) is 11.5 Å². The van der Waals surface area contributed by atoms with Gasteiger partial charge in [-0.3, -0.25) is 0 Å². The van der Waals surface area contributed by atoms with Gasteiger partial charge in [-0.2, -0.15) is 0 Å². The molecule has 0 amide bonds. The standard InChI is InChI=1S/C8H9NO2.C8H11NO/c9-5-6-1-3-7(4-2-6)8(10)11;9-5-7-1-3-8(6-10)4-2-7/h1-4H,5,9H2,(H,10,11);1-4,10H,5-6,9H2. The van der Waals surface area contributed by atoms with E-state index in [4.69, 9.17) is 21.7 Å². The highest BCUT2D eigenvalue weighted by molar-refractivity contribution is 5.87.